The Kier molecular flexibility index (Phi) is 7.04. The van der Waals surface area contributed by atoms with Crippen molar-refractivity contribution in [1.82, 2.24) is 5.32 Å². The number of ether oxygens (including phenoxy) is 1. The Labute approximate surface area is 130 Å². The molecule has 0 atom stereocenters. The second-order valence-electron chi connectivity index (χ2n) is 5.58. The number of nitriles is 1. The van der Waals surface area contributed by atoms with Crippen LogP contribution < -0.4 is 10.1 Å². The lowest BCUT2D eigenvalue weighted by Gasteiger charge is -2.15. The molecule has 20 heavy (non-hydrogen) atoms. The summed E-state index contributed by atoms with van der Waals surface area (Å²) in [5.41, 5.74) is 0.925. The van der Waals surface area contributed by atoms with Gasteiger partial charge in [-0.25, -0.2) is 0 Å². The number of halogens is 1. The van der Waals surface area contributed by atoms with Gasteiger partial charge in [0.15, 0.2) is 0 Å². The van der Waals surface area contributed by atoms with Crippen molar-refractivity contribution in [3.05, 3.63) is 28.2 Å². The molecule has 0 fully saturated rings. The number of hydrogen-bond donors (Lipinski definition) is 1. The van der Waals surface area contributed by atoms with Crippen LogP contribution in [0.15, 0.2) is 22.7 Å². The summed E-state index contributed by atoms with van der Waals surface area (Å²) in [6, 6.07) is 8.39. The number of nitrogens with zero attached hydrogens (tertiary/aromatic N) is 1. The zero-order valence-electron chi connectivity index (χ0n) is 12.5. The van der Waals surface area contributed by atoms with Gasteiger partial charge in [-0.2, -0.15) is 5.26 Å². The van der Waals surface area contributed by atoms with Gasteiger partial charge in [0.2, 0.25) is 0 Å². The molecule has 0 spiro atoms. The fourth-order valence-electron chi connectivity index (χ4n) is 1.92. The standard InChI is InChI=1S/C16H23BrN2O/c1-16(2,12-18)8-4-5-9-20-15-7-6-14(17)10-13(15)11-19-3/h6-7,10,19H,4-5,8-9,11H2,1-3H3. The third kappa shape index (κ3) is 5.94. The van der Waals surface area contributed by atoms with Gasteiger partial charge in [-0.3, -0.25) is 0 Å². The van der Waals surface area contributed by atoms with Crippen molar-refractivity contribution in [2.24, 2.45) is 5.41 Å². The first-order valence-electron chi connectivity index (χ1n) is 6.95. The van der Waals surface area contributed by atoms with Crippen molar-refractivity contribution in [2.75, 3.05) is 13.7 Å². The zero-order valence-corrected chi connectivity index (χ0v) is 14.1. The smallest absolute Gasteiger partial charge is 0.123 e. The average molecular weight is 339 g/mol. The van der Waals surface area contributed by atoms with Crippen molar-refractivity contribution in [3.63, 3.8) is 0 Å². The van der Waals surface area contributed by atoms with Crippen molar-refractivity contribution in [3.8, 4) is 11.8 Å². The number of unbranched alkanes of at least 4 members (excludes halogenated alkanes) is 1. The molecule has 1 aromatic carbocycles. The highest BCUT2D eigenvalue weighted by Gasteiger charge is 2.15. The van der Waals surface area contributed by atoms with Gasteiger partial charge < -0.3 is 10.1 Å². The van der Waals surface area contributed by atoms with E-state index in [0.717, 1.165) is 41.6 Å². The highest BCUT2D eigenvalue weighted by molar-refractivity contribution is 9.10. The molecule has 0 aromatic heterocycles. The average Bonchev–Trinajstić information content (AvgIpc) is 2.41. The van der Waals surface area contributed by atoms with Crippen molar-refractivity contribution in [2.45, 2.75) is 39.7 Å². The largest absolute Gasteiger partial charge is 0.493 e. The summed E-state index contributed by atoms with van der Waals surface area (Å²) in [6.45, 7) is 5.44. The Balaban J connectivity index is 2.41. The molecular formula is C16H23BrN2O. The lowest BCUT2D eigenvalue weighted by atomic mass is 9.89. The van der Waals surface area contributed by atoms with Crippen LogP contribution in [0.25, 0.3) is 0 Å². The van der Waals surface area contributed by atoms with Crippen LogP contribution in [-0.2, 0) is 6.54 Å². The Morgan fingerprint density at radius 1 is 1.35 bits per heavy atom. The first kappa shape index (κ1) is 17.0. The van der Waals surface area contributed by atoms with Crippen LogP contribution in [0.4, 0.5) is 0 Å². The summed E-state index contributed by atoms with van der Waals surface area (Å²) in [4.78, 5) is 0. The Morgan fingerprint density at radius 2 is 2.10 bits per heavy atom. The predicted molar refractivity (Wildman–Crippen MR) is 85.6 cm³/mol. The van der Waals surface area contributed by atoms with E-state index in [1.165, 1.54) is 0 Å². The number of nitrogens with one attached hydrogen (secondary N) is 1. The number of rotatable bonds is 8. The Morgan fingerprint density at radius 3 is 2.75 bits per heavy atom. The first-order chi connectivity index (χ1) is 9.48. The van der Waals surface area contributed by atoms with Gasteiger partial charge in [0, 0.05) is 16.6 Å². The third-order valence-electron chi connectivity index (χ3n) is 3.15. The van der Waals surface area contributed by atoms with Crippen LogP contribution in [-0.4, -0.2) is 13.7 Å². The number of hydrogen-bond acceptors (Lipinski definition) is 3. The monoisotopic (exact) mass is 338 g/mol. The Hall–Kier alpha value is -1.05. The minimum absolute atomic E-state index is 0.227. The van der Waals surface area contributed by atoms with Crippen LogP contribution in [0.5, 0.6) is 5.75 Å². The summed E-state index contributed by atoms with van der Waals surface area (Å²) >= 11 is 3.48. The normalized spacial score (nSPS) is 11.2. The zero-order chi connectivity index (χ0) is 15.0. The van der Waals surface area contributed by atoms with Crippen LogP contribution in [0, 0.1) is 16.7 Å². The molecule has 0 unspecified atom stereocenters. The van der Waals surface area contributed by atoms with Crippen molar-refractivity contribution in [1.29, 1.82) is 5.26 Å². The maximum atomic E-state index is 8.96. The quantitative estimate of drug-likeness (QED) is 0.720. The van der Waals surface area contributed by atoms with E-state index < -0.39 is 0 Å². The van der Waals surface area contributed by atoms with E-state index in [1.54, 1.807) is 0 Å². The molecule has 1 N–H and O–H groups in total. The van der Waals surface area contributed by atoms with Crippen molar-refractivity contribution < 1.29 is 4.74 Å². The molecule has 0 saturated carbocycles. The molecule has 0 aliphatic rings. The fraction of sp³-hybridized carbons (Fsp3) is 0.562. The molecule has 0 saturated heterocycles. The van der Waals surface area contributed by atoms with Crippen LogP contribution in [0.3, 0.4) is 0 Å². The van der Waals surface area contributed by atoms with Crippen LogP contribution in [0.1, 0.15) is 38.7 Å². The van der Waals surface area contributed by atoms with Crippen molar-refractivity contribution >= 4 is 15.9 Å². The highest BCUT2D eigenvalue weighted by Crippen LogP contribution is 2.24. The van der Waals surface area contributed by atoms with Gasteiger partial charge >= 0.3 is 0 Å². The van der Waals surface area contributed by atoms with Gasteiger partial charge in [0.25, 0.3) is 0 Å². The third-order valence-corrected chi connectivity index (χ3v) is 3.64. The molecule has 1 aromatic rings. The first-order valence-corrected chi connectivity index (χ1v) is 7.75. The molecular weight excluding hydrogens is 316 g/mol. The van der Waals surface area contributed by atoms with E-state index >= 15 is 0 Å². The maximum Gasteiger partial charge on any atom is 0.123 e. The molecule has 0 radical (unpaired) electrons. The molecule has 0 heterocycles. The topological polar surface area (TPSA) is 45.0 Å². The predicted octanol–water partition coefficient (Wildman–Crippen LogP) is 4.27. The maximum absolute atomic E-state index is 8.96. The molecule has 4 heteroatoms. The summed E-state index contributed by atoms with van der Waals surface area (Å²) < 4.78 is 6.91. The number of benzene rings is 1. The SMILES string of the molecule is CNCc1cc(Br)ccc1OCCCCC(C)(C)C#N. The molecule has 0 bridgehead atoms. The molecule has 0 aliphatic heterocycles. The summed E-state index contributed by atoms with van der Waals surface area (Å²) in [5, 5.41) is 12.1. The van der Waals surface area contributed by atoms with Gasteiger partial charge in [-0.05, 0) is 58.4 Å². The highest BCUT2D eigenvalue weighted by atomic mass is 79.9. The molecule has 0 amide bonds. The van der Waals surface area contributed by atoms with E-state index in [9.17, 15) is 0 Å². The molecule has 110 valence electrons. The van der Waals surface area contributed by atoms with Gasteiger partial charge in [-0.15, -0.1) is 0 Å². The minimum atomic E-state index is -0.227. The minimum Gasteiger partial charge on any atom is -0.493 e. The van der Waals surface area contributed by atoms with Crippen LogP contribution in [0.2, 0.25) is 0 Å². The van der Waals surface area contributed by atoms with E-state index in [2.05, 4.69) is 33.4 Å². The lowest BCUT2D eigenvalue weighted by Crippen LogP contribution is -2.10. The van der Waals surface area contributed by atoms with Crippen LogP contribution >= 0.6 is 15.9 Å². The summed E-state index contributed by atoms with van der Waals surface area (Å²) in [7, 11) is 1.93. The van der Waals surface area contributed by atoms with Gasteiger partial charge in [0.05, 0.1) is 18.1 Å². The second kappa shape index (κ2) is 8.28. The lowest BCUT2D eigenvalue weighted by molar-refractivity contribution is 0.292. The second-order valence-corrected chi connectivity index (χ2v) is 6.50. The summed E-state index contributed by atoms with van der Waals surface area (Å²) in [5.74, 6) is 0.932. The Bertz CT molecular complexity index is 466. The van der Waals surface area contributed by atoms with Gasteiger partial charge in [-0.1, -0.05) is 15.9 Å². The van der Waals surface area contributed by atoms with E-state index in [4.69, 9.17) is 10.00 Å². The fourth-order valence-corrected chi connectivity index (χ4v) is 2.33. The van der Waals surface area contributed by atoms with Gasteiger partial charge in [0.1, 0.15) is 5.75 Å². The molecule has 1 rings (SSSR count). The molecule has 3 nitrogen and oxygen atoms in total. The summed E-state index contributed by atoms with van der Waals surface area (Å²) in [6.07, 6.45) is 2.90. The molecule has 0 aliphatic carbocycles. The van der Waals surface area contributed by atoms with E-state index in [1.807, 2.05) is 33.0 Å². The van der Waals surface area contributed by atoms with E-state index in [-0.39, 0.29) is 5.41 Å². The van der Waals surface area contributed by atoms with E-state index in [0.29, 0.717) is 6.61 Å².